The molecule has 1 aromatic heterocycles. The second-order valence-electron chi connectivity index (χ2n) is 4.81. The van der Waals surface area contributed by atoms with Crippen LogP contribution in [0.3, 0.4) is 0 Å². The highest BCUT2D eigenvalue weighted by atomic mass is 16.4. The van der Waals surface area contributed by atoms with Crippen molar-refractivity contribution >= 4 is 17.7 Å². The molecule has 0 spiro atoms. The number of amides is 1. The van der Waals surface area contributed by atoms with Gasteiger partial charge >= 0.3 is 5.97 Å². The van der Waals surface area contributed by atoms with Gasteiger partial charge in [0.2, 0.25) is 5.91 Å². The van der Waals surface area contributed by atoms with Crippen molar-refractivity contribution in [2.24, 2.45) is 0 Å². The Morgan fingerprint density at radius 2 is 1.95 bits per heavy atom. The van der Waals surface area contributed by atoms with Crippen molar-refractivity contribution in [3.63, 3.8) is 0 Å². The minimum atomic E-state index is -0.974. The Morgan fingerprint density at radius 3 is 2.57 bits per heavy atom. The molecule has 0 aliphatic heterocycles. The van der Waals surface area contributed by atoms with E-state index in [0.29, 0.717) is 25.3 Å². The number of anilines is 1. The van der Waals surface area contributed by atoms with E-state index in [0.717, 1.165) is 25.0 Å². The SMILES string of the molecule is CCCNC(=O)CCNc1cc(C(=O)O)cc(CCC)n1. The lowest BCUT2D eigenvalue weighted by Gasteiger charge is -2.09. The maximum Gasteiger partial charge on any atom is 0.335 e. The topological polar surface area (TPSA) is 91.3 Å². The van der Waals surface area contributed by atoms with E-state index in [1.54, 1.807) is 6.07 Å². The van der Waals surface area contributed by atoms with Crippen LogP contribution in [-0.2, 0) is 11.2 Å². The summed E-state index contributed by atoms with van der Waals surface area (Å²) < 4.78 is 0. The zero-order valence-electron chi connectivity index (χ0n) is 12.6. The Labute approximate surface area is 125 Å². The average Bonchev–Trinajstić information content (AvgIpc) is 2.45. The molecule has 0 radical (unpaired) electrons. The Bertz CT molecular complexity index is 489. The number of carboxylic acids is 1. The molecule has 6 nitrogen and oxygen atoms in total. The van der Waals surface area contributed by atoms with Gasteiger partial charge in [0.25, 0.3) is 0 Å². The number of aromatic nitrogens is 1. The lowest BCUT2D eigenvalue weighted by molar-refractivity contribution is -0.120. The van der Waals surface area contributed by atoms with Crippen LogP contribution < -0.4 is 10.6 Å². The Balaban J connectivity index is 2.61. The van der Waals surface area contributed by atoms with Crippen LogP contribution >= 0.6 is 0 Å². The van der Waals surface area contributed by atoms with Crippen LogP contribution in [0.15, 0.2) is 12.1 Å². The maximum atomic E-state index is 11.5. The molecule has 0 saturated heterocycles. The van der Waals surface area contributed by atoms with Crippen molar-refractivity contribution < 1.29 is 14.7 Å². The third-order valence-electron chi connectivity index (χ3n) is 2.86. The molecule has 0 bridgehead atoms. The zero-order valence-corrected chi connectivity index (χ0v) is 12.6. The van der Waals surface area contributed by atoms with Crippen LogP contribution in [0.1, 0.15) is 49.2 Å². The standard InChI is InChI=1S/C15H23N3O3/c1-3-5-12-9-11(15(20)21)10-13(18-12)16-8-6-14(19)17-7-4-2/h9-10H,3-8H2,1-2H3,(H,16,18)(H,17,19)(H,20,21). The molecule has 21 heavy (non-hydrogen) atoms. The lowest BCUT2D eigenvalue weighted by Crippen LogP contribution is -2.26. The Hall–Kier alpha value is -2.11. The largest absolute Gasteiger partial charge is 0.478 e. The van der Waals surface area contributed by atoms with Gasteiger partial charge in [-0.2, -0.15) is 0 Å². The third kappa shape index (κ3) is 6.25. The third-order valence-corrected chi connectivity index (χ3v) is 2.86. The normalized spacial score (nSPS) is 10.2. The molecule has 116 valence electrons. The number of pyridine rings is 1. The zero-order chi connectivity index (χ0) is 15.7. The number of aryl methyl sites for hydroxylation is 1. The van der Waals surface area contributed by atoms with Crippen molar-refractivity contribution in [2.75, 3.05) is 18.4 Å². The number of nitrogens with one attached hydrogen (secondary N) is 2. The number of hydrogen-bond acceptors (Lipinski definition) is 4. The molecule has 0 fully saturated rings. The number of carbonyl (C=O) groups excluding carboxylic acids is 1. The van der Waals surface area contributed by atoms with Gasteiger partial charge in [-0.25, -0.2) is 9.78 Å². The van der Waals surface area contributed by atoms with Gasteiger partial charge in [0.05, 0.1) is 5.56 Å². The monoisotopic (exact) mass is 293 g/mol. The predicted molar refractivity (Wildman–Crippen MR) is 81.6 cm³/mol. The molecule has 3 N–H and O–H groups in total. The molecule has 0 aliphatic carbocycles. The molecule has 1 rings (SSSR count). The van der Waals surface area contributed by atoms with Gasteiger partial charge in [-0.1, -0.05) is 20.3 Å². The molecule has 6 heteroatoms. The summed E-state index contributed by atoms with van der Waals surface area (Å²) in [5.74, 6) is -0.493. The molecule has 1 amide bonds. The number of hydrogen-bond donors (Lipinski definition) is 3. The average molecular weight is 293 g/mol. The number of nitrogens with zero attached hydrogens (tertiary/aromatic N) is 1. The van der Waals surface area contributed by atoms with Crippen molar-refractivity contribution in [1.82, 2.24) is 10.3 Å². The second kappa shape index (κ2) is 8.94. The van der Waals surface area contributed by atoms with E-state index in [9.17, 15) is 9.59 Å². The quantitative estimate of drug-likeness (QED) is 0.648. The van der Waals surface area contributed by atoms with Gasteiger partial charge in [0.1, 0.15) is 5.82 Å². The first-order valence-electron chi connectivity index (χ1n) is 7.31. The molecule has 1 aromatic rings. The molecule has 0 unspecified atom stereocenters. The molecule has 0 atom stereocenters. The van der Waals surface area contributed by atoms with Gasteiger partial charge in [0, 0.05) is 25.2 Å². The van der Waals surface area contributed by atoms with Crippen molar-refractivity contribution in [3.8, 4) is 0 Å². The van der Waals surface area contributed by atoms with Gasteiger partial charge in [-0.05, 0) is 25.0 Å². The number of aromatic carboxylic acids is 1. The molecule has 0 aliphatic rings. The summed E-state index contributed by atoms with van der Waals surface area (Å²) in [5, 5.41) is 14.9. The van der Waals surface area contributed by atoms with Gasteiger partial charge in [0.15, 0.2) is 0 Å². The first-order valence-corrected chi connectivity index (χ1v) is 7.31. The highest BCUT2D eigenvalue weighted by Gasteiger charge is 2.08. The minimum absolute atomic E-state index is 0.0208. The van der Waals surface area contributed by atoms with E-state index in [1.165, 1.54) is 6.07 Å². The van der Waals surface area contributed by atoms with Crippen LogP contribution in [0.2, 0.25) is 0 Å². The fourth-order valence-corrected chi connectivity index (χ4v) is 1.84. The summed E-state index contributed by atoms with van der Waals surface area (Å²) in [6.07, 6.45) is 2.87. The van der Waals surface area contributed by atoms with Crippen LogP contribution in [0.5, 0.6) is 0 Å². The first-order chi connectivity index (χ1) is 10.1. The van der Waals surface area contributed by atoms with Crippen LogP contribution in [-0.4, -0.2) is 35.1 Å². The van der Waals surface area contributed by atoms with Gasteiger partial charge < -0.3 is 15.7 Å². The molecule has 1 heterocycles. The second-order valence-corrected chi connectivity index (χ2v) is 4.81. The summed E-state index contributed by atoms with van der Waals surface area (Å²) in [6.45, 7) is 5.11. The predicted octanol–water partition coefficient (Wildman–Crippen LogP) is 2.06. The molecule has 0 saturated carbocycles. The fourth-order valence-electron chi connectivity index (χ4n) is 1.84. The van der Waals surface area contributed by atoms with E-state index < -0.39 is 5.97 Å². The van der Waals surface area contributed by atoms with E-state index in [2.05, 4.69) is 15.6 Å². The van der Waals surface area contributed by atoms with Gasteiger partial charge in [-0.15, -0.1) is 0 Å². The highest BCUT2D eigenvalue weighted by molar-refractivity contribution is 5.88. The first kappa shape index (κ1) is 16.9. The van der Waals surface area contributed by atoms with Crippen molar-refractivity contribution in [1.29, 1.82) is 0 Å². The van der Waals surface area contributed by atoms with Crippen LogP contribution in [0, 0.1) is 0 Å². The van der Waals surface area contributed by atoms with Crippen LogP contribution in [0.25, 0.3) is 0 Å². The van der Waals surface area contributed by atoms with E-state index in [4.69, 9.17) is 5.11 Å². The Kier molecular flexibility index (Phi) is 7.21. The number of carboxylic acid groups (broad SMARTS) is 1. The summed E-state index contributed by atoms with van der Waals surface area (Å²) in [6, 6.07) is 3.08. The summed E-state index contributed by atoms with van der Waals surface area (Å²) in [4.78, 5) is 26.9. The van der Waals surface area contributed by atoms with Gasteiger partial charge in [-0.3, -0.25) is 4.79 Å². The van der Waals surface area contributed by atoms with Crippen molar-refractivity contribution in [2.45, 2.75) is 39.5 Å². The van der Waals surface area contributed by atoms with E-state index in [1.807, 2.05) is 13.8 Å². The van der Waals surface area contributed by atoms with Crippen molar-refractivity contribution in [3.05, 3.63) is 23.4 Å². The van der Waals surface area contributed by atoms with Crippen LogP contribution in [0.4, 0.5) is 5.82 Å². The molecule has 0 aromatic carbocycles. The fraction of sp³-hybridized carbons (Fsp3) is 0.533. The molecular formula is C15H23N3O3. The summed E-state index contributed by atoms with van der Waals surface area (Å²) in [7, 11) is 0. The minimum Gasteiger partial charge on any atom is -0.478 e. The number of rotatable bonds is 9. The van der Waals surface area contributed by atoms with E-state index in [-0.39, 0.29) is 11.5 Å². The maximum absolute atomic E-state index is 11.5. The summed E-state index contributed by atoms with van der Waals surface area (Å²) >= 11 is 0. The Morgan fingerprint density at radius 1 is 1.19 bits per heavy atom. The highest BCUT2D eigenvalue weighted by Crippen LogP contribution is 2.12. The number of carbonyl (C=O) groups is 2. The lowest BCUT2D eigenvalue weighted by atomic mass is 10.1. The van der Waals surface area contributed by atoms with E-state index >= 15 is 0 Å². The summed E-state index contributed by atoms with van der Waals surface area (Å²) in [5.41, 5.74) is 0.960. The smallest absolute Gasteiger partial charge is 0.335 e. The molecular weight excluding hydrogens is 270 g/mol.